The van der Waals surface area contributed by atoms with Crippen LogP contribution >= 0.6 is 23.5 Å². The molecule has 1 aliphatic heterocycles. The van der Waals surface area contributed by atoms with Gasteiger partial charge in [0.2, 0.25) is 5.91 Å². The van der Waals surface area contributed by atoms with E-state index in [9.17, 15) is 4.79 Å². The lowest BCUT2D eigenvalue weighted by molar-refractivity contribution is -0.134. The molecule has 1 amide bonds. The Morgan fingerprint density at radius 3 is 2.75 bits per heavy atom. The molecule has 2 atom stereocenters. The lowest BCUT2D eigenvalue weighted by atomic mass is 10.1. The number of nitrogens with zero attached hydrogens (tertiary/aromatic N) is 1. The maximum atomic E-state index is 12.2. The first-order chi connectivity index (χ1) is 7.56. The first kappa shape index (κ1) is 14.2. The Kier molecular flexibility index (Phi) is 6.05. The maximum absolute atomic E-state index is 12.2. The molecule has 0 N–H and O–H groups in total. The molecular weight excluding hydrogens is 238 g/mol. The number of rotatable bonds is 4. The van der Waals surface area contributed by atoms with Crippen LogP contribution in [0.2, 0.25) is 0 Å². The fourth-order valence-electron chi connectivity index (χ4n) is 1.91. The van der Waals surface area contributed by atoms with E-state index in [-0.39, 0.29) is 5.92 Å². The van der Waals surface area contributed by atoms with E-state index in [1.807, 2.05) is 18.7 Å². The zero-order valence-corrected chi connectivity index (χ0v) is 12.4. The summed E-state index contributed by atoms with van der Waals surface area (Å²) in [5.74, 6) is 3.22. The van der Waals surface area contributed by atoms with Crippen LogP contribution in [0.3, 0.4) is 0 Å². The number of carbonyl (C=O) groups excluding carboxylic acids is 1. The minimum absolute atomic E-state index is 0.172. The van der Waals surface area contributed by atoms with Gasteiger partial charge in [-0.25, -0.2) is 0 Å². The third kappa shape index (κ3) is 3.88. The quantitative estimate of drug-likeness (QED) is 0.776. The van der Waals surface area contributed by atoms with Gasteiger partial charge in [0.05, 0.1) is 0 Å². The molecule has 16 heavy (non-hydrogen) atoms. The van der Waals surface area contributed by atoms with Gasteiger partial charge in [-0.15, -0.1) is 0 Å². The molecule has 0 spiro atoms. The van der Waals surface area contributed by atoms with E-state index in [1.54, 1.807) is 11.8 Å². The predicted molar refractivity (Wildman–Crippen MR) is 75.2 cm³/mol. The second-order valence-corrected chi connectivity index (χ2v) is 7.05. The average molecular weight is 261 g/mol. The summed E-state index contributed by atoms with van der Waals surface area (Å²) in [5.41, 5.74) is 0. The van der Waals surface area contributed by atoms with Crippen molar-refractivity contribution in [3.8, 4) is 0 Å². The van der Waals surface area contributed by atoms with Crippen molar-refractivity contribution in [3.05, 3.63) is 0 Å². The van der Waals surface area contributed by atoms with E-state index in [0.29, 0.717) is 17.1 Å². The summed E-state index contributed by atoms with van der Waals surface area (Å²) < 4.78 is 0. The monoisotopic (exact) mass is 261 g/mol. The van der Waals surface area contributed by atoms with Crippen LogP contribution in [0.25, 0.3) is 0 Å². The SMILES string of the molecule is CSC[C@@H](C)C(=O)N1CCS[C@@H](C(C)C)C1. The number of amides is 1. The minimum atomic E-state index is 0.172. The Labute approximate surface area is 108 Å². The van der Waals surface area contributed by atoms with Crippen LogP contribution in [-0.2, 0) is 4.79 Å². The molecule has 1 aliphatic rings. The molecule has 2 nitrogen and oxygen atoms in total. The standard InChI is InChI=1S/C12H23NOS2/c1-9(2)11-7-13(5-6-16-11)12(14)10(3)8-15-4/h9-11H,5-8H2,1-4H3/t10-,11-/m1/s1. The molecule has 4 heteroatoms. The Morgan fingerprint density at radius 1 is 1.50 bits per heavy atom. The summed E-state index contributed by atoms with van der Waals surface area (Å²) in [6.07, 6.45) is 2.06. The highest BCUT2D eigenvalue weighted by molar-refractivity contribution is 8.00. The number of hydrogen-bond donors (Lipinski definition) is 0. The zero-order valence-electron chi connectivity index (χ0n) is 10.7. The number of hydrogen-bond acceptors (Lipinski definition) is 3. The minimum Gasteiger partial charge on any atom is -0.340 e. The molecule has 0 aromatic heterocycles. The van der Waals surface area contributed by atoms with Crippen LogP contribution in [0.5, 0.6) is 0 Å². The van der Waals surface area contributed by atoms with Crippen LogP contribution < -0.4 is 0 Å². The molecule has 0 bridgehead atoms. The van der Waals surface area contributed by atoms with Gasteiger partial charge in [0, 0.05) is 35.8 Å². The normalized spacial score (nSPS) is 23.6. The van der Waals surface area contributed by atoms with Crippen molar-refractivity contribution < 1.29 is 4.79 Å². The molecule has 0 radical (unpaired) electrons. The number of thioether (sulfide) groups is 2. The van der Waals surface area contributed by atoms with Gasteiger partial charge in [-0.1, -0.05) is 20.8 Å². The van der Waals surface area contributed by atoms with E-state index >= 15 is 0 Å². The van der Waals surface area contributed by atoms with Crippen molar-refractivity contribution in [2.24, 2.45) is 11.8 Å². The summed E-state index contributed by atoms with van der Waals surface area (Å²) in [4.78, 5) is 14.2. The third-order valence-electron chi connectivity index (χ3n) is 2.99. The number of carbonyl (C=O) groups is 1. The van der Waals surface area contributed by atoms with Gasteiger partial charge in [-0.2, -0.15) is 23.5 Å². The van der Waals surface area contributed by atoms with Crippen LogP contribution in [-0.4, -0.2) is 46.9 Å². The van der Waals surface area contributed by atoms with Gasteiger partial charge < -0.3 is 4.90 Å². The average Bonchev–Trinajstić information content (AvgIpc) is 2.28. The van der Waals surface area contributed by atoms with Crippen molar-refractivity contribution in [1.29, 1.82) is 0 Å². The van der Waals surface area contributed by atoms with Crippen molar-refractivity contribution >= 4 is 29.4 Å². The summed E-state index contributed by atoms with van der Waals surface area (Å²) in [7, 11) is 0. The van der Waals surface area contributed by atoms with Crippen LogP contribution in [0.15, 0.2) is 0 Å². The van der Waals surface area contributed by atoms with Gasteiger partial charge in [-0.3, -0.25) is 4.79 Å². The van der Waals surface area contributed by atoms with Crippen molar-refractivity contribution in [2.45, 2.75) is 26.0 Å². The van der Waals surface area contributed by atoms with Gasteiger partial charge >= 0.3 is 0 Å². The van der Waals surface area contributed by atoms with Crippen LogP contribution in [0, 0.1) is 11.8 Å². The van der Waals surface area contributed by atoms with E-state index in [4.69, 9.17) is 0 Å². The molecule has 94 valence electrons. The molecule has 0 unspecified atom stereocenters. The Morgan fingerprint density at radius 2 is 2.19 bits per heavy atom. The highest BCUT2D eigenvalue weighted by Gasteiger charge is 2.28. The molecule has 1 heterocycles. The largest absolute Gasteiger partial charge is 0.340 e. The maximum Gasteiger partial charge on any atom is 0.226 e. The Balaban J connectivity index is 2.49. The second kappa shape index (κ2) is 6.80. The van der Waals surface area contributed by atoms with E-state index in [1.165, 1.54) is 0 Å². The summed E-state index contributed by atoms with van der Waals surface area (Å²) in [5, 5.41) is 0.624. The lowest BCUT2D eigenvalue weighted by Crippen LogP contribution is -2.45. The summed E-state index contributed by atoms with van der Waals surface area (Å²) in [6, 6.07) is 0. The molecule has 1 saturated heterocycles. The highest BCUT2D eigenvalue weighted by atomic mass is 32.2. The topological polar surface area (TPSA) is 20.3 Å². The molecule has 1 rings (SSSR count). The van der Waals surface area contributed by atoms with Crippen LogP contribution in [0.4, 0.5) is 0 Å². The zero-order chi connectivity index (χ0) is 12.1. The van der Waals surface area contributed by atoms with E-state index < -0.39 is 0 Å². The fourth-order valence-corrected chi connectivity index (χ4v) is 3.85. The van der Waals surface area contributed by atoms with Crippen molar-refractivity contribution in [2.75, 3.05) is 30.9 Å². The van der Waals surface area contributed by atoms with Crippen LogP contribution in [0.1, 0.15) is 20.8 Å². The van der Waals surface area contributed by atoms with Crippen molar-refractivity contribution in [1.82, 2.24) is 4.90 Å². The fraction of sp³-hybridized carbons (Fsp3) is 0.917. The first-order valence-electron chi connectivity index (χ1n) is 5.95. The molecule has 0 aromatic carbocycles. The second-order valence-electron chi connectivity index (χ2n) is 4.79. The van der Waals surface area contributed by atoms with Gasteiger partial charge in [0.15, 0.2) is 0 Å². The molecule has 1 fully saturated rings. The Bertz CT molecular complexity index is 233. The molecular formula is C12H23NOS2. The smallest absolute Gasteiger partial charge is 0.226 e. The van der Waals surface area contributed by atoms with Crippen molar-refractivity contribution in [3.63, 3.8) is 0 Å². The van der Waals surface area contributed by atoms with Gasteiger partial charge in [0.1, 0.15) is 0 Å². The van der Waals surface area contributed by atoms with E-state index in [2.05, 4.69) is 25.0 Å². The Hall–Kier alpha value is 0.170. The third-order valence-corrected chi connectivity index (χ3v) is 5.36. The predicted octanol–water partition coefficient (Wildman–Crippen LogP) is 2.59. The summed E-state index contributed by atoms with van der Waals surface area (Å²) >= 11 is 3.77. The molecule has 0 aliphatic carbocycles. The first-order valence-corrected chi connectivity index (χ1v) is 8.39. The lowest BCUT2D eigenvalue weighted by Gasteiger charge is -2.35. The highest BCUT2D eigenvalue weighted by Crippen LogP contribution is 2.26. The molecule has 0 saturated carbocycles. The molecule has 0 aromatic rings. The van der Waals surface area contributed by atoms with Gasteiger partial charge in [-0.05, 0) is 12.2 Å². The summed E-state index contributed by atoms with van der Waals surface area (Å²) in [6.45, 7) is 8.42. The van der Waals surface area contributed by atoms with E-state index in [0.717, 1.165) is 24.6 Å². The van der Waals surface area contributed by atoms with Gasteiger partial charge in [0.25, 0.3) is 0 Å².